The molecule has 0 aliphatic carbocycles. The lowest BCUT2D eigenvalue weighted by Crippen LogP contribution is -2.32. The first kappa shape index (κ1) is 20.6. The molecule has 152 valence electrons. The summed E-state index contributed by atoms with van der Waals surface area (Å²) in [5, 5.41) is 18.8. The number of aryl methyl sites for hydroxylation is 1. The van der Waals surface area contributed by atoms with Crippen molar-refractivity contribution in [2.24, 2.45) is 0 Å². The van der Waals surface area contributed by atoms with Gasteiger partial charge in [0.15, 0.2) is 0 Å². The summed E-state index contributed by atoms with van der Waals surface area (Å²) < 4.78 is 11.3. The summed E-state index contributed by atoms with van der Waals surface area (Å²) in [7, 11) is 0. The molecule has 0 radical (unpaired) electrons. The lowest BCUT2D eigenvalue weighted by molar-refractivity contribution is 0.0536. The van der Waals surface area contributed by atoms with Gasteiger partial charge in [-0.15, -0.1) is 0 Å². The van der Waals surface area contributed by atoms with Gasteiger partial charge in [0.2, 0.25) is 5.95 Å². The summed E-state index contributed by atoms with van der Waals surface area (Å²) in [6.07, 6.45) is -0.0761. The summed E-state index contributed by atoms with van der Waals surface area (Å²) in [6, 6.07) is 7.13. The van der Waals surface area contributed by atoms with Crippen LogP contribution in [0.4, 0.5) is 11.8 Å². The van der Waals surface area contributed by atoms with Crippen LogP contribution >= 0.6 is 11.6 Å². The number of aliphatic hydroxyl groups excluding tert-OH is 2. The number of hydrogen-bond donors (Lipinski definition) is 3. The Labute approximate surface area is 168 Å². The van der Waals surface area contributed by atoms with Crippen molar-refractivity contribution in [2.75, 3.05) is 43.6 Å². The molecule has 0 saturated carbocycles. The first-order chi connectivity index (χ1) is 13.5. The highest BCUT2D eigenvalue weighted by Crippen LogP contribution is 2.34. The third-order valence-corrected chi connectivity index (χ3v) is 4.80. The number of hydrogen-bond acceptors (Lipinski definition) is 8. The molecule has 2 atom stereocenters. The molecular formula is C19H25ClN4O4. The molecular weight excluding hydrogens is 384 g/mol. The summed E-state index contributed by atoms with van der Waals surface area (Å²) in [4.78, 5) is 10.7. The summed E-state index contributed by atoms with van der Waals surface area (Å²) in [5.41, 5.74) is 7.53. The highest BCUT2D eigenvalue weighted by molar-refractivity contribution is 6.31. The van der Waals surface area contributed by atoms with Gasteiger partial charge in [-0.3, -0.25) is 0 Å². The molecule has 1 aliphatic rings. The Bertz CT molecular complexity index is 787. The van der Waals surface area contributed by atoms with Crippen molar-refractivity contribution in [3.63, 3.8) is 0 Å². The van der Waals surface area contributed by atoms with E-state index in [2.05, 4.69) is 14.9 Å². The molecule has 1 saturated heterocycles. The van der Waals surface area contributed by atoms with Gasteiger partial charge < -0.3 is 30.3 Å². The molecule has 1 fully saturated rings. The van der Waals surface area contributed by atoms with Crippen molar-refractivity contribution in [1.82, 2.24) is 9.97 Å². The molecule has 8 nitrogen and oxygen atoms in total. The van der Waals surface area contributed by atoms with E-state index in [4.69, 9.17) is 31.9 Å². The fourth-order valence-corrected chi connectivity index (χ4v) is 3.44. The van der Waals surface area contributed by atoms with Crippen molar-refractivity contribution in [3.8, 4) is 5.75 Å². The summed E-state index contributed by atoms with van der Waals surface area (Å²) >= 11 is 6.55. The summed E-state index contributed by atoms with van der Waals surface area (Å²) in [6.45, 7) is 3.38. The van der Waals surface area contributed by atoms with Crippen molar-refractivity contribution in [3.05, 3.63) is 40.5 Å². The van der Waals surface area contributed by atoms with Crippen LogP contribution in [0.5, 0.6) is 5.75 Å². The fourth-order valence-electron chi connectivity index (χ4n) is 3.14. The Morgan fingerprint density at radius 3 is 2.93 bits per heavy atom. The van der Waals surface area contributed by atoms with Gasteiger partial charge in [-0.1, -0.05) is 17.7 Å². The molecule has 0 bridgehead atoms. The van der Waals surface area contributed by atoms with E-state index in [1.54, 1.807) is 12.1 Å². The van der Waals surface area contributed by atoms with Crippen LogP contribution in [-0.4, -0.2) is 59.3 Å². The molecule has 2 heterocycles. The molecule has 0 amide bonds. The van der Waals surface area contributed by atoms with Crippen molar-refractivity contribution in [1.29, 1.82) is 0 Å². The Kier molecular flexibility index (Phi) is 6.90. The van der Waals surface area contributed by atoms with E-state index in [-0.39, 0.29) is 25.2 Å². The van der Waals surface area contributed by atoms with E-state index in [1.165, 1.54) is 0 Å². The standard InChI is InChI=1S/C19H25ClN4O4/c1-12-7-18(23-19(21)22-12)24-5-2-6-27-11-17(24)15-4-3-14(8-16(15)20)28-10-13(26)9-25/h3-4,7-8,13,17,25-26H,2,5-6,9-11H2,1H3,(H2,21,22,23). The van der Waals surface area contributed by atoms with Gasteiger partial charge in [-0.25, -0.2) is 4.98 Å². The van der Waals surface area contributed by atoms with Crippen molar-refractivity contribution in [2.45, 2.75) is 25.5 Å². The highest BCUT2D eigenvalue weighted by Gasteiger charge is 2.27. The van der Waals surface area contributed by atoms with Crippen LogP contribution in [0.25, 0.3) is 0 Å². The third-order valence-electron chi connectivity index (χ3n) is 4.48. The number of nitrogen functional groups attached to an aromatic ring is 1. The lowest BCUT2D eigenvalue weighted by Gasteiger charge is -2.31. The number of ether oxygens (including phenoxy) is 2. The zero-order valence-corrected chi connectivity index (χ0v) is 16.5. The van der Waals surface area contributed by atoms with Crippen LogP contribution in [0, 0.1) is 6.92 Å². The molecule has 1 aromatic carbocycles. The number of anilines is 2. The van der Waals surface area contributed by atoms with Gasteiger partial charge >= 0.3 is 0 Å². The first-order valence-corrected chi connectivity index (χ1v) is 9.52. The van der Waals surface area contributed by atoms with E-state index in [9.17, 15) is 5.11 Å². The average molecular weight is 409 g/mol. The van der Waals surface area contributed by atoms with Gasteiger partial charge in [0.1, 0.15) is 24.3 Å². The Balaban J connectivity index is 1.87. The normalized spacial score (nSPS) is 18.6. The van der Waals surface area contributed by atoms with E-state index >= 15 is 0 Å². The van der Waals surface area contributed by atoms with Crippen LogP contribution in [0.3, 0.4) is 0 Å². The maximum atomic E-state index is 9.43. The smallest absolute Gasteiger partial charge is 0.222 e. The molecule has 2 unspecified atom stereocenters. The second-order valence-electron chi connectivity index (χ2n) is 6.69. The molecule has 1 aromatic heterocycles. The second-order valence-corrected chi connectivity index (χ2v) is 7.10. The maximum Gasteiger partial charge on any atom is 0.222 e. The molecule has 1 aliphatic heterocycles. The van der Waals surface area contributed by atoms with E-state index < -0.39 is 6.10 Å². The maximum absolute atomic E-state index is 9.43. The zero-order chi connectivity index (χ0) is 20.1. The lowest BCUT2D eigenvalue weighted by atomic mass is 10.1. The topological polar surface area (TPSA) is 114 Å². The zero-order valence-electron chi connectivity index (χ0n) is 15.7. The molecule has 0 spiro atoms. The van der Waals surface area contributed by atoms with Gasteiger partial charge in [0, 0.05) is 29.9 Å². The SMILES string of the molecule is Cc1cc(N2CCCOCC2c2ccc(OCC(O)CO)cc2Cl)nc(N)n1. The van der Waals surface area contributed by atoms with Gasteiger partial charge in [-0.05, 0) is 31.0 Å². The van der Waals surface area contributed by atoms with E-state index in [1.807, 2.05) is 19.1 Å². The number of nitrogens with two attached hydrogens (primary N) is 1. The minimum atomic E-state index is -0.935. The molecule has 3 rings (SSSR count). The number of halogens is 1. The number of benzene rings is 1. The number of aromatic nitrogens is 2. The number of rotatable bonds is 6. The van der Waals surface area contributed by atoms with Crippen LogP contribution in [-0.2, 0) is 4.74 Å². The third kappa shape index (κ3) is 5.02. The monoisotopic (exact) mass is 408 g/mol. The molecule has 9 heteroatoms. The van der Waals surface area contributed by atoms with Gasteiger partial charge in [-0.2, -0.15) is 4.98 Å². The summed E-state index contributed by atoms with van der Waals surface area (Å²) in [5.74, 6) is 1.49. The van der Waals surface area contributed by atoms with E-state index in [0.29, 0.717) is 24.0 Å². The Morgan fingerprint density at radius 2 is 2.21 bits per heavy atom. The van der Waals surface area contributed by atoms with Crippen LogP contribution in [0.1, 0.15) is 23.7 Å². The largest absolute Gasteiger partial charge is 0.491 e. The fraction of sp³-hybridized carbons (Fsp3) is 0.474. The first-order valence-electron chi connectivity index (χ1n) is 9.14. The van der Waals surface area contributed by atoms with Crippen molar-refractivity contribution >= 4 is 23.4 Å². The predicted molar refractivity (Wildman–Crippen MR) is 107 cm³/mol. The number of aliphatic hydroxyl groups is 2. The quantitative estimate of drug-likeness (QED) is 0.662. The van der Waals surface area contributed by atoms with E-state index in [0.717, 1.165) is 30.0 Å². The Hall–Kier alpha value is -2.13. The van der Waals surface area contributed by atoms with Crippen LogP contribution in [0.2, 0.25) is 5.02 Å². The number of nitrogens with zero attached hydrogens (tertiary/aromatic N) is 3. The highest BCUT2D eigenvalue weighted by atomic mass is 35.5. The predicted octanol–water partition coefficient (Wildman–Crippen LogP) is 1.72. The minimum Gasteiger partial charge on any atom is -0.491 e. The van der Waals surface area contributed by atoms with Gasteiger partial charge in [0.25, 0.3) is 0 Å². The van der Waals surface area contributed by atoms with Crippen LogP contribution in [0.15, 0.2) is 24.3 Å². The molecule has 28 heavy (non-hydrogen) atoms. The second kappa shape index (κ2) is 9.38. The average Bonchev–Trinajstić information content (AvgIpc) is 2.91. The minimum absolute atomic E-state index is 0.00959. The molecule has 4 N–H and O–H groups in total. The molecule has 2 aromatic rings. The van der Waals surface area contributed by atoms with Crippen LogP contribution < -0.4 is 15.4 Å². The van der Waals surface area contributed by atoms with Crippen molar-refractivity contribution < 1.29 is 19.7 Å². The van der Waals surface area contributed by atoms with Gasteiger partial charge in [0.05, 0.1) is 19.3 Å². The Morgan fingerprint density at radius 1 is 1.39 bits per heavy atom.